The third kappa shape index (κ3) is 3.37. The van der Waals surface area contributed by atoms with Crippen LogP contribution in [-0.4, -0.2) is 24.7 Å². The second-order valence-corrected chi connectivity index (χ2v) is 4.87. The summed E-state index contributed by atoms with van der Waals surface area (Å²) >= 11 is 0. The minimum Gasteiger partial charge on any atom is -0.359 e. The van der Waals surface area contributed by atoms with E-state index in [0.717, 1.165) is 30.4 Å². The molecule has 0 spiro atoms. The van der Waals surface area contributed by atoms with E-state index >= 15 is 0 Å². The summed E-state index contributed by atoms with van der Waals surface area (Å²) in [5, 5.41) is 7.21. The average Bonchev–Trinajstić information content (AvgIpc) is 3.07. The first kappa shape index (κ1) is 15.8. The molecule has 0 bridgehead atoms. The van der Waals surface area contributed by atoms with Gasteiger partial charge in [-0.2, -0.15) is 0 Å². The fourth-order valence-electron chi connectivity index (χ4n) is 2.52. The van der Waals surface area contributed by atoms with Crippen LogP contribution in [0.3, 0.4) is 0 Å². The van der Waals surface area contributed by atoms with Gasteiger partial charge in [0.15, 0.2) is 11.7 Å². The number of benzene rings is 1. The Kier molecular flexibility index (Phi) is 5.22. The highest BCUT2D eigenvalue weighted by atomic mass is 127. The molecule has 0 aliphatic carbocycles. The minimum atomic E-state index is 0. The molecule has 0 saturated carbocycles. The molecule has 21 heavy (non-hydrogen) atoms. The number of anilines is 1. The summed E-state index contributed by atoms with van der Waals surface area (Å²) < 4.78 is 5.21. The van der Waals surface area contributed by atoms with E-state index in [-0.39, 0.29) is 24.0 Å². The summed E-state index contributed by atoms with van der Waals surface area (Å²) in [5.74, 6) is 1.68. The van der Waals surface area contributed by atoms with Crippen LogP contribution in [0.4, 0.5) is 5.69 Å². The van der Waals surface area contributed by atoms with Crippen LogP contribution in [0.25, 0.3) is 0 Å². The smallest absolute Gasteiger partial charge is 0.198 e. The van der Waals surface area contributed by atoms with E-state index in [1.54, 1.807) is 7.05 Å². The summed E-state index contributed by atoms with van der Waals surface area (Å²) in [6.07, 6.45) is 1.05. The van der Waals surface area contributed by atoms with Gasteiger partial charge in [-0.25, -0.2) is 0 Å². The standard InChI is InChI=1S/C15H18N4O.HI/c1-11-9-13(20-18-11)10-17-15(16-2)19-8-7-12-5-3-4-6-14(12)19;/h3-6,9H,7-8,10H2,1-2H3,(H,16,17);1H. The van der Waals surface area contributed by atoms with Crippen molar-refractivity contribution in [3.05, 3.63) is 47.3 Å². The maximum absolute atomic E-state index is 5.21. The lowest BCUT2D eigenvalue weighted by Gasteiger charge is -2.21. The molecule has 1 N–H and O–H groups in total. The van der Waals surface area contributed by atoms with Gasteiger partial charge in [-0.3, -0.25) is 4.99 Å². The van der Waals surface area contributed by atoms with Gasteiger partial charge in [0.05, 0.1) is 12.2 Å². The molecule has 1 aliphatic heterocycles. The Morgan fingerprint density at radius 3 is 2.95 bits per heavy atom. The Morgan fingerprint density at radius 2 is 2.24 bits per heavy atom. The zero-order valence-corrected chi connectivity index (χ0v) is 14.5. The first-order chi connectivity index (χ1) is 9.78. The summed E-state index contributed by atoms with van der Waals surface area (Å²) in [4.78, 5) is 6.57. The van der Waals surface area contributed by atoms with Crippen LogP contribution in [0.1, 0.15) is 17.0 Å². The molecule has 6 heteroatoms. The van der Waals surface area contributed by atoms with Gasteiger partial charge in [-0.1, -0.05) is 23.4 Å². The first-order valence-corrected chi connectivity index (χ1v) is 6.76. The number of aliphatic imine (C=N–C) groups is 1. The molecule has 1 aromatic heterocycles. The molecule has 1 aliphatic rings. The van der Waals surface area contributed by atoms with Crippen LogP contribution in [0.5, 0.6) is 0 Å². The molecule has 0 radical (unpaired) electrons. The fraction of sp³-hybridized carbons (Fsp3) is 0.333. The first-order valence-electron chi connectivity index (χ1n) is 6.76. The van der Waals surface area contributed by atoms with Crippen molar-refractivity contribution in [1.82, 2.24) is 10.5 Å². The van der Waals surface area contributed by atoms with Crippen LogP contribution < -0.4 is 10.2 Å². The van der Waals surface area contributed by atoms with Crippen LogP contribution in [0.15, 0.2) is 39.8 Å². The molecule has 0 unspecified atom stereocenters. The van der Waals surface area contributed by atoms with E-state index in [0.29, 0.717) is 6.54 Å². The minimum absolute atomic E-state index is 0. The van der Waals surface area contributed by atoms with E-state index in [2.05, 4.69) is 44.6 Å². The van der Waals surface area contributed by atoms with Gasteiger partial charge in [-0.15, -0.1) is 24.0 Å². The molecule has 112 valence electrons. The van der Waals surface area contributed by atoms with Crippen LogP contribution in [-0.2, 0) is 13.0 Å². The van der Waals surface area contributed by atoms with Crippen molar-refractivity contribution in [2.24, 2.45) is 4.99 Å². The largest absolute Gasteiger partial charge is 0.359 e. The van der Waals surface area contributed by atoms with Gasteiger partial charge < -0.3 is 14.7 Å². The molecular weight excluding hydrogens is 379 g/mol. The van der Waals surface area contributed by atoms with Crippen molar-refractivity contribution < 1.29 is 4.52 Å². The lowest BCUT2D eigenvalue weighted by molar-refractivity contribution is 0.376. The van der Waals surface area contributed by atoms with Crippen LogP contribution >= 0.6 is 24.0 Å². The number of aryl methyl sites for hydroxylation is 1. The van der Waals surface area contributed by atoms with Crippen molar-refractivity contribution in [2.75, 3.05) is 18.5 Å². The number of guanidine groups is 1. The molecule has 0 amide bonds. The number of rotatable bonds is 2. The number of hydrogen-bond donors (Lipinski definition) is 1. The highest BCUT2D eigenvalue weighted by Crippen LogP contribution is 2.27. The predicted molar refractivity (Wildman–Crippen MR) is 94.3 cm³/mol. The van der Waals surface area contributed by atoms with Crippen LogP contribution in [0.2, 0.25) is 0 Å². The average molecular weight is 398 g/mol. The second kappa shape index (κ2) is 6.93. The Morgan fingerprint density at radius 1 is 1.43 bits per heavy atom. The number of para-hydroxylation sites is 1. The van der Waals surface area contributed by atoms with E-state index in [1.165, 1.54) is 11.3 Å². The number of fused-ring (bicyclic) bond motifs is 1. The molecule has 0 fully saturated rings. The normalized spacial score (nSPS) is 13.8. The third-order valence-corrected chi connectivity index (χ3v) is 3.45. The molecule has 2 heterocycles. The van der Waals surface area contributed by atoms with Crippen molar-refractivity contribution in [1.29, 1.82) is 0 Å². The van der Waals surface area contributed by atoms with Crippen molar-refractivity contribution in [3.63, 3.8) is 0 Å². The van der Waals surface area contributed by atoms with Gasteiger partial charge in [0, 0.05) is 25.3 Å². The summed E-state index contributed by atoms with van der Waals surface area (Å²) in [5.41, 5.74) is 3.49. The van der Waals surface area contributed by atoms with Crippen molar-refractivity contribution >= 4 is 35.6 Å². The predicted octanol–water partition coefficient (Wildman–Crippen LogP) is 2.74. The third-order valence-electron chi connectivity index (χ3n) is 3.45. The molecule has 0 saturated heterocycles. The Balaban J connectivity index is 0.00000161. The van der Waals surface area contributed by atoms with Gasteiger partial charge in [0.2, 0.25) is 0 Å². The van der Waals surface area contributed by atoms with Gasteiger partial charge in [0.25, 0.3) is 0 Å². The molecular formula is C15H19IN4O. The maximum Gasteiger partial charge on any atom is 0.198 e. The van der Waals surface area contributed by atoms with E-state index in [4.69, 9.17) is 4.52 Å². The topological polar surface area (TPSA) is 53.7 Å². The number of aromatic nitrogens is 1. The van der Waals surface area contributed by atoms with Crippen molar-refractivity contribution in [2.45, 2.75) is 19.9 Å². The highest BCUT2D eigenvalue weighted by Gasteiger charge is 2.22. The molecule has 3 rings (SSSR count). The molecule has 1 aromatic carbocycles. The van der Waals surface area contributed by atoms with Gasteiger partial charge in [0.1, 0.15) is 0 Å². The van der Waals surface area contributed by atoms with Gasteiger partial charge >= 0.3 is 0 Å². The fourth-order valence-corrected chi connectivity index (χ4v) is 2.52. The monoisotopic (exact) mass is 398 g/mol. The number of nitrogens with one attached hydrogen (secondary N) is 1. The zero-order chi connectivity index (χ0) is 13.9. The summed E-state index contributed by atoms with van der Waals surface area (Å²) in [6, 6.07) is 10.4. The quantitative estimate of drug-likeness (QED) is 0.480. The molecule has 0 atom stereocenters. The maximum atomic E-state index is 5.21. The number of nitrogens with zero attached hydrogens (tertiary/aromatic N) is 3. The van der Waals surface area contributed by atoms with Crippen molar-refractivity contribution in [3.8, 4) is 0 Å². The van der Waals surface area contributed by atoms with E-state index in [9.17, 15) is 0 Å². The van der Waals surface area contributed by atoms with Crippen LogP contribution in [0, 0.1) is 6.92 Å². The highest BCUT2D eigenvalue weighted by molar-refractivity contribution is 14.0. The molecule has 5 nitrogen and oxygen atoms in total. The van der Waals surface area contributed by atoms with E-state index < -0.39 is 0 Å². The lowest BCUT2D eigenvalue weighted by atomic mass is 10.2. The molecule has 2 aromatic rings. The van der Waals surface area contributed by atoms with E-state index in [1.807, 2.05) is 13.0 Å². The Labute approximate surface area is 141 Å². The number of hydrogen-bond acceptors (Lipinski definition) is 3. The summed E-state index contributed by atoms with van der Waals surface area (Å²) in [6.45, 7) is 3.46. The lowest BCUT2D eigenvalue weighted by Crippen LogP contribution is -2.40. The number of halogens is 1. The van der Waals surface area contributed by atoms with Gasteiger partial charge in [-0.05, 0) is 25.0 Å². The zero-order valence-electron chi connectivity index (χ0n) is 12.2. The SMILES string of the molecule is CN=C(NCc1cc(C)no1)N1CCc2ccccc21.I. The summed E-state index contributed by atoms with van der Waals surface area (Å²) in [7, 11) is 1.80. The Hall–Kier alpha value is -1.57. The Bertz CT molecular complexity index is 638. The second-order valence-electron chi connectivity index (χ2n) is 4.87.